The number of methoxy groups -OCH3 is 1. The number of hydrogen-bond acceptors (Lipinski definition) is 4. The molecule has 1 aliphatic heterocycles. The number of hydrogen-bond donors (Lipinski definition) is 0. The van der Waals surface area contributed by atoms with Gasteiger partial charge in [-0.2, -0.15) is 0 Å². The van der Waals surface area contributed by atoms with Crippen LogP contribution in [0.4, 0.5) is 4.79 Å². The number of benzene rings is 3. The number of rotatable bonds is 6. The second kappa shape index (κ2) is 8.57. The minimum Gasteiger partial charge on any atom is -0.467 e. The van der Waals surface area contributed by atoms with Crippen molar-refractivity contribution in [2.45, 2.75) is 38.0 Å². The normalized spacial score (nSPS) is 19.5. The third-order valence-electron chi connectivity index (χ3n) is 5.81. The van der Waals surface area contributed by atoms with Gasteiger partial charge < -0.3 is 9.47 Å². The van der Waals surface area contributed by atoms with E-state index in [9.17, 15) is 9.59 Å². The molecule has 0 saturated carbocycles. The average Bonchev–Trinajstić information content (AvgIpc) is 3.13. The van der Waals surface area contributed by atoms with E-state index in [1.807, 2.05) is 79.7 Å². The summed E-state index contributed by atoms with van der Waals surface area (Å²) in [4.78, 5) is 27.1. The molecule has 4 rings (SSSR count). The van der Waals surface area contributed by atoms with Crippen molar-refractivity contribution in [3.63, 3.8) is 0 Å². The Hall–Kier alpha value is -3.34. The van der Waals surface area contributed by atoms with Crippen LogP contribution < -0.4 is 0 Å². The van der Waals surface area contributed by atoms with Crippen molar-refractivity contribution in [2.75, 3.05) is 7.11 Å². The van der Waals surface area contributed by atoms with Crippen LogP contribution in [0, 0.1) is 0 Å². The summed E-state index contributed by atoms with van der Waals surface area (Å²) < 4.78 is 10.7. The van der Waals surface area contributed by atoms with Crippen LogP contribution in [-0.4, -0.2) is 36.2 Å². The Labute approximate surface area is 176 Å². The van der Waals surface area contributed by atoms with Crippen molar-refractivity contribution in [3.05, 3.63) is 83.9 Å². The molecule has 2 unspecified atom stereocenters. The van der Waals surface area contributed by atoms with Crippen LogP contribution in [0.1, 0.15) is 30.5 Å². The second-order valence-electron chi connectivity index (χ2n) is 7.57. The second-order valence-corrected chi connectivity index (χ2v) is 7.57. The van der Waals surface area contributed by atoms with Gasteiger partial charge in [0.15, 0.2) is 6.04 Å². The standard InChI is InChI=1S/C25H25NO4/c1-17(20-14-8-12-19-11-6-7-13-21(19)20)26-23(24(27)29-2)22(30-25(26)28)16-15-18-9-4-3-5-10-18/h3-14,17,22-23H,15-16H2,1-2H3/t17-,22?,23?/m1/s1. The van der Waals surface area contributed by atoms with E-state index in [0.29, 0.717) is 12.8 Å². The highest BCUT2D eigenvalue weighted by molar-refractivity contribution is 5.88. The van der Waals surface area contributed by atoms with Gasteiger partial charge in [0.1, 0.15) is 6.10 Å². The van der Waals surface area contributed by atoms with Crippen LogP contribution in [0.15, 0.2) is 72.8 Å². The third-order valence-corrected chi connectivity index (χ3v) is 5.81. The number of fused-ring (bicyclic) bond motifs is 1. The zero-order chi connectivity index (χ0) is 21.1. The molecule has 5 heteroatoms. The SMILES string of the molecule is COC(=O)C1C(CCc2ccccc2)OC(=O)N1[C@H](C)c1cccc2ccccc12. The fourth-order valence-electron chi connectivity index (χ4n) is 4.27. The maximum atomic E-state index is 12.9. The van der Waals surface area contributed by atoms with Gasteiger partial charge in [-0.25, -0.2) is 9.59 Å². The van der Waals surface area contributed by atoms with Crippen molar-refractivity contribution in [1.82, 2.24) is 4.90 Å². The van der Waals surface area contributed by atoms with Gasteiger partial charge in [0.2, 0.25) is 0 Å². The van der Waals surface area contributed by atoms with Gasteiger partial charge in [-0.1, -0.05) is 72.8 Å². The molecule has 1 saturated heterocycles. The Balaban J connectivity index is 1.63. The van der Waals surface area contributed by atoms with E-state index in [-0.39, 0.29) is 6.04 Å². The topological polar surface area (TPSA) is 55.8 Å². The molecule has 1 amide bonds. The minimum absolute atomic E-state index is 0.338. The van der Waals surface area contributed by atoms with Crippen LogP contribution in [-0.2, 0) is 20.7 Å². The predicted octanol–water partition coefficient (Wildman–Crippen LogP) is 4.90. The number of carbonyl (C=O) groups excluding carboxylic acids is 2. The predicted molar refractivity (Wildman–Crippen MR) is 115 cm³/mol. The first kappa shape index (κ1) is 20.0. The molecule has 5 nitrogen and oxygen atoms in total. The van der Waals surface area contributed by atoms with Crippen molar-refractivity contribution >= 4 is 22.8 Å². The molecule has 3 aromatic carbocycles. The molecule has 1 aliphatic rings. The summed E-state index contributed by atoms with van der Waals surface area (Å²) >= 11 is 0. The number of amides is 1. The molecule has 0 spiro atoms. The summed E-state index contributed by atoms with van der Waals surface area (Å²) in [5, 5.41) is 2.14. The van der Waals surface area contributed by atoms with E-state index in [1.54, 1.807) is 0 Å². The lowest BCUT2D eigenvalue weighted by Gasteiger charge is -2.29. The number of nitrogens with zero attached hydrogens (tertiary/aromatic N) is 1. The van der Waals surface area contributed by atoms with Crippen molar-refractivity contribution in [3.8, 4) is 0 Å². The highest BCUT2D eigenvalue weighted by Crippen LogP contribution is 2.35. The number of esters is 1. The first-order valence-electron chi connectivity index (χ1n) is 10.2. The van der Waals surface area contributed by atoms with Gasteiger partial charge in [0.25, 0.3) is 0 Å². The molecule has 0 aromatic heterocycles. The van der Waals surface area contributed by atoms with E-state index >= 15 is 0 Å². The number of aryl methyl sites for hydroxylation is 1. The molecule has 30 heavy (non-hydrogen) atoms. The fraction of sp³-hybridized carbons (Fsp3) is 0.280. The quantitative estimate of drug-likeness (QED) is 0.550. The largest absolute Gasteiger partial charge is 0.467 e. The lowest BCUT2D eigenvalue weighted by Crippen LogP contribution is -2.45. The van der Waals surface area contributed by atoms with Crippen LogP contribution in [0.25, 0.3) is 10.8 Å². The van der Waals surface area contributed by atoms with Crippen LogP contribution in [0.2, 0.25) is 0 Å². The number of cyclic esters (lactones) is 1. The monoisotopic (exact) mass is 403 g/mol. The van der Waals surface area contributed by atoms with Gasteiger partial charge in [0.05, 0.1) is 13.2 Å². The fourth-order valence-corrected chi connectivity index (χ4v) is 4.27. The molecule has 3 atom stereocenters. The summed E-state index contributed by atoms with van der Waals surface area (Å²) in [5.41, 5.74) is 2.11. The highest BCUT2D eigenvalue weighted by atomic mass is 16.6. The van der Waals surface area contributed by atoms with Gasteiger partial charge in [-0.3, -0.25) is 4.90 Å². The first-order chi connectivity index (χ1) is 14.6. The maximum Gasteiger partial charge on any atom is 0.411 e. The van der Waals surface area contributed by atoms with E-state index < -0.39 is 24.2 Å². The lowest BCUT2D eigenvalue weighted by molar-refractivity contribution is -0.147. The Morgan fingerprint density at radius 3 is 2.50 bits per heavy atom. The molecule has 3 aromatic rings. The number of carbonyl (C=O) groups is 2. The molecule has 154 valence electrons. The summed E-state index contributed by atoms with van der Waals surface area (Å²) in [6.45, 7) is 1.93. The van der Waals surface area contributed by atoms with Crippen molar-refractivity contribution < 1.29 is 19.1 Å². The smallest absolute Gasteiger partial charge is 0.411 e. The van der Waals surface area contributed by atoms with Gasteiger partial charge >= 0.3 is 12.1 Å². The molecule has 0 N–H and O–H groups in total. The van der Waals surface area contributed by atoms with Crippen LogP contribution in [0.3, 0.4) is 0 Å². The van der Waals surface area contributed by atoms with E-state index in [0.717, 1.165) is 21.9 Å². The summed E-state index contributed by atoms with van der Waals surface area (Å²) in [5.74, 6) is -0.453. The Morgan fingerprint density at radius 1 is 1.03 bits per heavy atom. The third kappa shape index (κ3) is 3.75. The van der Waals surface area contributed by atoms with Crippen molar-refractivity contribution in [1.29, 1.82) is 0 Å². The number of ether oxygens (including phenoxy) is 2. The minimum atomic E-state index is -0.778. The Kier molecular flexibility index (Phi) is 5.70. The average molecular weight is 403 g/mol. The zero-order valence-electron chi connectivity index (χ0n) is 17.2. The molecular weight excluding hydrogens is 378 g/mol. The van der Waals surface area contributed by atoms with Gasteiger partial charge in [-0.15, -0.1) is 0 Å². The Morgan fingerprint density at radius 2 is 1.73 bits per heavy atom. The van der Waals surface area contributed by atoms with Crippen LogP contribution in [0.5, 0.6) is 0 Å². The van der Waals surface area contributed by atoms with Gasteiger partial charge in [0, 0.05) is 0 Å². The van der Waals surface area contributed by atoms with E-state index in [1.165, 1.54) is 12.0 Å². The highest BCUT2D eigenvalue weighted by Gasteiger charge is 2.49. The molecule has 0 bridgehead atoms. The van der Waals surface area contributed by atoms with E-state index in [4.69, 9.17) is 9.47 Å². The van der Waals surface area contributed by atoms with Gasteiger partial charge in [-0.05, 0) is 41.7 Å². The van der Waals surface area contributed by atoms with E-state index in [2.05, 4.69) is 0 Å². The summed E-state index contributed by atoms with van der Waals surface area (Å²) in [6, 6.07) is 22.9. The molecule has 0 aliphatic carbocycles. The zero-order valence-corrected chi connectivity index (χ0v) is 17.2. The summed E-state index contributed by atoms with van der Waals surface area (Å²) in [7, 11) is 1.35. The Bertz CT molecular complexity index is 1040. The van der Waals surface area contributed by atoms with Crippen LogP contribution >= 0.6 is 0 Å². The molecular formula is C25H25NO4. The first-order valence-corrected chi connectivity index (χ1v) is 10.2. The summed E-state index contributed by atoms with van der Waals surface area (Å²) in [6.07, 6.45) is 0.225. The maximum absolute atomic E-state index is 12.9. The lowest BCUT2D eigenvalue weighted by atomic mass is 9.96. The van der Waals surface area contributed by atoms with Crippen molar-refractivity contribution in [2.24, 2.45) is 0 Å². The molecule has 1 heterocycles. The molecule has 0 radical (unpaired) electrons. The molecule has 1 fully saturated rings.